The van der Waals surface area contributed by atoms with E-state index in [-0.39, 0.29) is 6.42 Å². The van der Waals surface area contributed by atoms with Gasteiger partial charge in [0.25, 0.3) is 5.91 Å². The molecule has 3 atom stereocenters. The summed E-state index contributed by atoms with van der Waals surface area (Å²) < 4.78 is 43.9. The second-order valence-electron chi connectivity index (χ2n) is 4.97. The van der Waals surface area contributed by atoms with Crippen LogP contribution in [0.1, 0.15) is 20.3 Å². The van der Waals surface area contributed by atoms with E-state index in [0.29, 0.717) is 5.69 Å². The maximum atomic E-state index is 13.0. The average Bonchev–Trinajstić information content (AvgIpc) is 2.68. The Balaban J connectivity index is 2.07. The van der Waals surface area contributed by atoms with Gasteiger partial charge in [0, 0.05) is 0 Å². The van der Waals surface area contributed by atoms with E-state index < -0.39 is 29.7 Å². The number of alkyl halides is 3. The van der Waals surface area contributed by atoms with Crippen molar-refractivity contribution in [2.45, 2.75) is 38.1 Å². The molecule has 1 aromatic rings. The summed E-state index contributed by atoms with van der Waals surface area (Å²) in [5.74, 6) is -1.41. The predicted molar refractivity (Wildman–Crippen MR) is 63.8 cm³/mol. The van der Waals surface area contributed by atoms with Gasteiger partial charge in [-0.25, -0.2) is 0 Å². The molecule has 1 aromatic heterocycles. The number of hydrogen-bond acceptors (Lipinski definition) is 4. The highest BCUT2D eigenvalue weighted by Gasteiger charge is 2.61. The second-order valence-corrected chi connectivity index (χ2v) is 4.97. The van der Waals surface area contributed by atoms with E-state index in [1.165, 1.54) is 25.4 Å². The van der Waals surface area contributed by atoms with E-state index in [1.54, 1.807) is 0 Å². The zero-order chi connectivity index (χ0) is 15.0. The normalized spacial score (nSPS) is 30.2. The minimum Gasteiger partial charge on any atom is -0.352 e. The van der Waals surface area contributed by atoms with Crippen LogP contribution >= 0.6 is 0 Å². The van der Waals surface area contributed by atoms with Gasteiger partial charge in [0.05, 0.1) is 18.1 Å². The summed E-state index contributed by atoms with van der Waals surface area (Å²) in [4.78, 5) is 11.9. The van der Waals surface area contributed by atoms with Crippen LogP contribution in [0.5, 0.6) is 0 Å². The van der Waals surface area contributed by atoms with Crippen LogP contribution in [0, 0.1) is 5.92 Å². The van der Waals surface area contributed by atoms with Crippen molar-refractivity contribution < 1.29 is 22.7 Å². The van der Waals surface area contributed by atoms with Crippen LogP contribution in [-0.4, -0.2) is 34.0 Å². The molecule has 1 unspecified atom stereocenters. The summed E-state index contributed by atoms with van der Waals surface area (Å²) >= 11 is 0. The van der Waals surface area contributed by atoms with Crippen molar-refractivity contribution in [1.82, 2.24) is 10.2 Å². The number of amides is 1. The van der Waals surface area contributed by atoms with Gasteiger partial charge >= 0.3 is 6.18 Å². The first kappa shape index (κ1) is 14.7. The van der Waals surface area contributed by atoms with Gasteiger partial charge in [0.1, 0.15) is 6.10 Å². The molecular weight excluding hydrogens is 275 g/mol. The number of hydrogen-bond donors (Lipinski definition) is 1. The Hall–Kier alpha value is -1.70. The van der Waals surface area contributed by atoms with E-state index in [2.05, 4.69) is 15.5 Å². The lowest BCUT2D eigenvalue weighted by Gasteiger charge is -2.30. The van der Waals surface area contributed by atoms with Crippen molar-refractivity contribution in [2.24, 2.45) is 5.92 Å². The molecule has 0 saturated carbocycles. The largest absolute Gasteiger partial charge is 0.417 e. The lowest BCUT2D eigenvalue weighted by molar-refractivity contribution is -0.272. The number of aromatic nitrogens is 2. The van der Waals surface area contributed by atoms with Crippen molar-refractivity contribution in [3.63, 3.8) is 0 Å². The molecule has 2 rings (SSSR count). The third-order valence-electron chi connectivity index (χ3n) is 3.60. The molecule has 1 saturated heterocycles. The zero-order valence-electron chi connectivity index (χ0n) is 10.9. The van der Waals surface area contributed by atoms with Crippen LogP contribution < -0.4 is 5.32 Å². The molecule has 0 radical (unpaired) electrons. The maximum Gasteiger partial charge on any atom is 0.417 e. The van der Waals surface area contributed by atoms with Crippen molar-refractivity contribution in [2.75, 3.05) is 5.32 Å². The molecule has 1 amide bonds. The Morgan fingerprint density at radius 2 is 2.20 bits per heavy atom. The summed E-state index contributed by atoms with van der Waals surface area (Å²) in [7, 11) is 0. The fraction of sp³-hybridized carbons (Fsp3) is 0.583. The van der Waals surface area contributed by atoms with Crippen LogP contribution in [0.3, 0.4) is 0 Å². The molecular formula is C12H14F3N3O2. The molecule has 0 bridgehead atoms. The number of carbonyl (C=O) groups excluding carboxylic acids is 1. The highest BCUT2D eigenvalue weighted by Crippen LogP contribution is 2.46. The van der Waals surface area contributed by atoms with Crippen molar-refractivity contribution >= 4 is 11.6 Å². The molecule has 0 spiro atoms. The number of halogens is 3. The van der Waals surface area contributed by atoms with Crippen LogP contribution in [0.25, 0.3) is 0 Å². The number of nitrogens with one attached hydrogen (secondary N) is 1. The van der Waals surface area contributed by atoms with Crippen molar-refractivity contribution in [1.29, 1.82) is 0 Å². The Morgan fingerprint density at radius 1 is 1.50 bits per heavy atom. The Labute approximate surface area is 113 Å². The van der Waals surface area contributed by atoms with Crippen LogP contribution in [0.4, 0.5) is 18.9 Å². The molecule has 1 fully saturated rings. The van der Waals surface area contributed by atoms with Gasteiger partial charge < -0.3 is 10.1 Å². The Bertz CT molecular complexity index is 494. The van der Waals surface area contributed by atoms with Gasteiger partial charge in [-0.3, -0.25) is 4.79 Å². The molecule has 20 heavy (non-hydrogen) atoms. The summed E-state index contributed by atoms with van der Waals surface area (Å²) in [6.45, 7) is 2.40. The topological polar surface area (TPSA) is 64.1 Å². The third-order valence-corrected chi connectivity index (χ3v) is 3.60. The fourth-order valence-electron chi connectivity index (χ4n) is 2.10. The zero-order valence-corrected chi connectivity index (χ0v) is 10.9. The van der Waals surface area contributed by atoms with Gasteiger partial charge in [0.2, 0.25) is 0 Å². The molecule has 0 aliphatic carbocycles. The van der Waals surface area contributed by atoms with Gasteiger partial charge in [0.15, 0.2) is 5.60 Å². The van der Waals surface area contributed by atoms with Crippen LogP contribution in [0.2, 0.25) is 0 Å². The second kappa shape index (κ2) is 5.01. The van der Waals surface area contributed by atoms with Gasteiger partial charge in [-0.05, 0) is 25.3 Å². The van der Waals surface area contributed by atoms with E-state index in [0.717, 1.165) is 6.92 Å². The van der Waals surface area contributed by atoms with E-state index in [1.807, 2.05) is 0 Å². The molecule has 0 aromatic carbocycles. The van der Waals surface area contributed by atoms with Crippen molar-refractivity contribution in [3.05, 3.63) is 18.5 Å². The minimum atomic E-state index is -4.51. The van der Waals surface area contributed by atoms with Gasteiger partial charge in [-0.2, -0.15) is 23.4 Å². The number of carbonyl (C=O) groups is 1. The summed E-state index contributed by atoms with van der Waals surface area (Å²) in [5.41, 5.74) is -1.94. The minimum absolute atomic E-state index is 0.0142. The van der Waals surface area contributed by atoms with Gasteiger partial charge in [-0.15, -0.1) is 0 Å². The Morgan fingerprint density at radius 3 is 2.70 bits per heavy atom. The standard InChI is InChI=1S/C12H14F3N3O2/c1-7-5-9(20-11(7,2)12(13,14)15)10(19)18-8-3-4-16-17-6-8/h3-4,6-7,9H,5H2,1-2H3,(H,16,18,19)/t7-,9?,11+/m0/s1. The highest BCUT2D eigenvalue weighted by atomic mass is 19.4. The quantitative estimate of drug-likeness (QED) is 0.906. The molecule has 110 valence electrons. The lowest BCUT2D eigenvalue weighted by atomic mass is 9.89. The summed E-state index contributed by atoms with van der Waals surface area (Å²) in [6, 6.07) is 1.49. The molecule has 1 aliphatic heterocycles. The smallest absolute Gasteiger partial charge is 0.352 e. The van der Waals surface area contributed by atoms with E-state index in [9.17, 15) is 18.0 Å². The molecule has 1 N–H and O–H groups in total. The first-order valence-corrected chi connectivity index (χ1v) is 6.06. The number of rotatable bonds is 2. The summed E-state index contributed by atoms with van der Waals surface area (Å²) in [6.07, 6.45) is -2.96. The maximum absolute atomic E-state index is 13.0. The highest BCUT2D eigenvalue weighted by molar-refractivity contribution is 5.94. The first-order chi connectivity index (χ1) is 9.24. The predicted octanol–water partition coefficient (Wildman–Crippen LogP) is 2.16. The molecule has 5 nitrogen and oxygen atoms in total. The van der Waals surface area contributed by atoms with E-state index in [4.69, 9.17) is 4.74 Å². The molecule has 8 heteroatoms. The number of nitrogens with zero attached hydrogens (tertiary/aromatic N) is 2. The lowest BCUT2D eigenvalue weighted by Crippen LogP contribution is -2.47. The first-order valence-electron chi connectivity index (χ1n) is 6.06. The number of anilines is 1. The monoisotopic (exact) mass is 289 g/mol. The SMILES string of the molecule is C[C@H]1CC(C(=O)Nc2ccnnc2)O[C@@]1(C)C(F)(F)F. The fourth-order valence-corrected chi connectivity index (χ4v) is 2.10. The number of ether oxygens (including phenoxy) is 1. The average molecular weight is 289 g/mol. The molecule has 1 aliphatic rings. The van der Waals surface area contributed by atoms with Crippen LogP contribution in [0.15, 0.2) is 18.5 Å². The molecule has 2 heterocycles. The summed E-state index contributed by atoms with van der Waals surface area (Å²) in [5, 5.41) is 9.56. The van der Waals surface area contributed by atoms with Crippen LogP contribution in [-0.2, 0) is 9.53 Å². The third kappa shape index (κ3) is 2.60. The Kier molecular flexibility index (Phi) is 3.68. The van der Waals surface area contributed by atoms with Crippen molar-refractivity contribution in [3.8, 4) is 0 Å². The van der Waals surface area contributed by atoms with Gasteiger partial charge in [-0.1, -0.05) is 6.92 Å². The van der Waals surface area contributed by atoms with E-state index >= 15 is 0 Å².